The fourth-order valence-corrected chi connectivity index (χ4v) is 7.89. The lowest BCUT2D eigenvalue weighted by molar-refractivity contribution is -0.151. The molecule has 2 fully saturated rings. The Hall–Kier alpha value is -3.48. The van der Waals surface area contributed by atoms with Gasteiger partial charge in [-0.15, -0.1) is 18.2 Å². The average molecular weight is 704 g/mol. The normalized spacial score (nSPS) is 23.2. The van der Waals surface area contributed by atoms with Crippen LogP contribution in [-0.2, 0) is 28.9 Å². The number of sulfone groups is 1. The maximum atomic E-state index is 12.8. The number of likely N-dealkylation sites (tertiary alicyclic amines) is 1. The second kappa shape index (κ2) is 17.3. The topological polar surface area (TPSA) is 138 Å². The highest BCUT2D eigenvalue weighted by molar-refractivity contribution is 7.91. The first-order valence-corrected chi connectivity index (χ1v) is 18.3. The van der Waals surface area contributed by atoms with E-state index in [9.17, 15) is 18.0 Å². The van der Waals surface area contributed by atoms with Gasteiger partial charge in [-0.2, -0.15) is 0 Å². The zero-order valence-corrected chi connectivity index (χ0v) is 29.2. The molecule has 4 rings (SSSR count). The van der Waals surface area contributed by atoms with Crippen molar-refractivity contribution in [3.8, 4) is 5.88 Å². The molecule has 0 spiro atoms. The molecule has 262 valence electrons. The van der Waals surface area contributed by atoms with Gasteiger partial charge in [0.2, 0.25) is 9.84 Å². The van der Waals surface area contributed by atoms with Gasteiger partial charge in [-0.1, -0.05) is 55.5 Å². The molecule has 0 N–H and O–H groups in total. The largest absolute Gasteiger partial charge is 0.470 e. The molecule has 13 heteroatoms. The Morgan fingerprint density at radius 3 is 2.52 bits per heavy atom. The highest BCUT2D eigenvalue weighted by Gasteiger charge is 2.40. The number of carbonyl (C=O) groups is 2. The number of alkyl halides is 1. The molecule has 1 aromatic carbocycles. The zero-order valence-electron chi connectivity index (χ0n) is 27.6. The molecule has 1 aliphatic heterocycles. The molecule has 1 saturated heterocycles. The molecular weight excluding hydrogens is 658 g/mol. The van der Waals surface area contributed by atoms with Crippen LogP contribution in [0.2, 0.25) is 0 Å². The highest BCUT2D eigenvalue weighted by Crippen LogP contribution is 2.49. The molecule has 11 nitrogen and oxygen atoms in total. The molecule has 4 atom stereocenters. The standard InChI is InChI=1S/C35H46ClN3O8S/c1-5-35(4)16-15-28(20-30(35)25(2)21-36)26(3)22-39-17-9-10-27(23-39)24-46-32(41)14-13-31(40)44-18-19-45-33-34(38-47-37-33)48(42,43)29-11-7-6-8-12-29/h5-8,11-12,27-28,30H,1-3,9-10,13-24H2,4H3/t27?,28-,30+,35-/m1/s1. The number of ether oxygens (including phenoxy) is 3. The monoisotopic (exact) mass is 703 g/mol. The SMILES string of the molecule is C=C[C@]1(C)CC[C@@H](C(=C)CN2CCCC(COC(=O)CCC(=O)OCCOc3nonc3S(=O)(=O)c3ccccc3)C2)C[C@H]1C(=C)CCl. The van der Waals surface area contributed by atoms with Crippen molar-refractivity contribution in [1.29, 1.82) is 0 Å². The molecule has 1 aromatic heterocycles. The number of halogens is 1. The van der Waals surface area contributed by atoms with Crippen molar-refractivity contribution in [2.75, 3.05) is 45.3 Å². The Balaban J connectivity index is 1.12. The van der Waals surface area contributed by atoms with Gasteiger partial charge in [0, 0.05) is 24.9 Å². The quantitative estimate of drug-likeness (QED) is 0.0853. The molecule has 2 aliphatic rings. The minimum atomic E-state index is -4.00. The van der Waals surface area contributed by atoms with Crippen molar-refractivity contribution in [1.82, 2.24) is 15.2 Å². The van der Waals surface area contributed by atoms with Crippen molar-refractivity contribution >= 4 is 33.4 Å². The number of esters is 2. The van der Waals surface area contributed by atoms with Crippen LogP contribution in [0, 0.1) is 23.2 Å². The van der Waals surface area contributed by atoms with Crippen LogP contribution in [0.25, 0.3) is 0 Å². The third-order valence-electron chi connectivity index (χ3n) is 9.42. The van der Waals surface area contributed by atoms with Crippen molar-refractivity contribution < 1.29 is 36.8 Å². The molecular formula is C35H46ClN3O8S. The predicted molar refractivity (Wildman–Crippen MR) is 180 cm³/mol. The molecule has 1 aliphatic carbocycles. The number of nitrogens with zero attached hydrogens (tertiary/aromatic N) is 3. The minimum Gasteiger partial charge on any atom is -0.470 e. The van der Waals surface area contributed by atoms with Crippen molar-refractivity contribution in [3.63, 3.8) is 0 Å². The summed E-state index contributed by atoms with van der Waals surface area (Å²) < 4.78 is 46.0. The molecule has 48 heavy (non-hydrogen) atoms. The molecule has 2 heterocycles. The number of hydrogen-bond acceptors (Lipinski definition) is 11. The summed E-state index contributed by atoms with van der Waals surface area (Å²) in [6.07, 6.45) is 6.85. The highest BCUT2D eigenvalue weighted by atomic mass is 35.5. The van der Waals surface area contributed by atoms with Crippen molar-refractivity contribution in [3.05, 3.63) is 67.3 Å². The second-order valence-corrected chi connectivity index (χ2v) is 15.0. The maximum Gasteiger partial charge on any atom is 0.306 e. The van der Waals surface area contributed by atoms with Crippen LogP contribution in [0.1, 0.15) is 51.9 Å². The number of rotatable bonds is 17. The van der Waals surface area contributed by atoms with Crippen LogP contribution in [0.3, 0.4) is 0 Å². The maximum absolute atomic E-state index is 12.8. The van der Waals surface area contributed by atoms with Gasteiger partial charge in [0.1, 0.15) is 13.2 Å². The lowest BCUT2D eigenvalue weighted by Gasteiger charge is -2.45. The van der Waals surface area contributed by atoms with Gasteiger partial charge in [0.25, 0.3) is 10.9 Å². The molecule has 0 amide bonds. The summed E-state index contributed by atoms with van der Waals surface area (Å²) >= 11 is 6.18. The van der Waals surface area contributed by atoms with Crippen LogP contribution in [-0.4, -0.2) is 80.9 Å². The van der Waals surface area contributed by atoms with Crippen LogP contribution in [0.5, 0.6) is 5.88 Å². The summed E-state index contributed by atoms with van der Waals surface area (Å²) in [5.41, 5.74) is 2.29. The lowest BCUT2D eigenvalue weighted by Crippen LogP contribution is -2.40. The van der Waals surface area contributed by atoms with Gasteiger partial charge in [-0.05, 0) is 78.3 Å². The molecule has 0 radical (unpaired) electrons. The van der Waals surface area contributed by atoms with Gasteiger partial charge in [0.15, 0.2) is 0 Å². The summed E-state index contributed by atoms with van der Waals surface area (Å²) in [5, 5.41) is 6.48. The Bertz CT molecular complexity index is 1550. The molecule has 2 aromatic rings. The number of carbonyl (C=O) groups excluding carboxylic acids is 2. The van der Waals surface area contributed by atoms with Crippen molar-refractivity contribution in [2.24, 2.45) is 23.2 Å². The third-order valence-corrected chi connectivity index (χ3v) is 11.4. The number of benzene rings is 1. The van der Waals surface area contributed by atoms with Gasteiger partial charge >= 0.3 is 11.9 Å². The van der Waals surface area contributed by atoms with Crippen molar-refractivity contribution in [2.45, 2.75) is 61.8 Å². The second-order valence-electron chi connectivity index (χ2n) is 12.9. The molecule has 1 saturated carbocycles. The van der Waals surface area contributed by atoms with E-state index < -0.39 is 26.8 Å². The zero-order chi connectivity index (χ0) is 34.7. The van der Waals surface area contributed by atoms with Crippen LogP contribution in [0.15, 0.2) is 81.8 Å². The molecule has 0 bridgehead atoms. The summed E-state index contributed by atoms with van der Waals surface area (Å²) in [6, 6.07) is 7.66. The minimum absolute atomic E-state index is 0.00485. The Morgan fingerprint density at radius 1 is 1.08 bits per heavy atom. The van der Waals surface area contributed by atoms with Gasteiger partial charge in [-0.25, -0.2) is 13.0 Å². The first-order valence-electron chi connectivity index (χ1n) is 16.3. The fraction of sp³-hybridized carbons (Fsp3) is 0.543. The third kappa shape index (κ3) is 9.79. The summed E-state index contributed by atoms with van der Waals surface area (Å²) in [4.78, 5) is 27.0. The number of piperidine rings is 1. The van der Waals surface area contributed by atoms with Gasteiger partial charge in [0.05, 0.1) is 24.3 Å². The molecule has 1 unspecified atom stereocenters. The van der Waals surface area contributed by atoms with E-state index in [0.29, 0.717) is 24.3 Å². The van der Waals surface area contributed by atoms with Crippen LogP contribution >= 0.6 is 11.6 Å². The smallest absolute Gasteiger partial charge is 0.306 e. The van der Waals surface area contributed by atoms with E-state index in [2.05, 4.69) is 52.6 Å². The fourth-order valence-electron chi connectivity index (χ4n) is 6.51. The lowest BCUT2D eigenvalue weighted by atomic mass is 9.61. The Morgan fingerprint density at radius 2 is 1.81 bits per heavy atom. The van der Waals surface area contributed by atoms with Crippen LogP contribution < -0.4 is 4.74 Å². The van der Waals surface area contributed by atoms with E-state index in [1.54, 1.807) is 18.2 Å². The van der Waals surface area contributed by atoms with E-state index in [0.717, 1.165) is 57.3 Å². The Labute approximate surface area is 288 Å². The summed E-state index contributed by atoms with van der Waals surface area (Å²) in [5.74, 6) is -0.0607. The van der Waals surface area contributed by atoms with E-state index in [4.69, 9.17) is 25.8 Å². The number of allylic oxidation sites excluding steroid dienone is 2. The first-order chi connectivity index (χ1) is 23.0. The summed E-state index contributed by atoms with van der Waals surface area (Å²) in [6.45, 7) is 17.6. The van der Waals surface area contributed by atoms with Gasteiger partial charge < -0.3 is 14.2 Å². The van der Waals surface area contributed by atoms with E-state index in [1.165, 1.54) is 17.7 Å². The summed E-state index contributed by atoms with van der Waals surface area (Å²) in [7, 11) is -4.00. The predicted octanol–water partition coefficient (Wildman–Crippen LogP) is 5.82. The Kier molecular flexibility index (Phi) is 13.4. The van der Waals surface area contributed by atoms with Crippen LogP contribution in [0.4, 0.5) is 0 Å². The van der Waals surface area contributed by atoms with E-state index in [-0.39, 0.29) is 48.2 Å². The number of hydrogen-bond donors (Lipinski definition) is 0. The van der Waals surface area contributed by atoms with Gasteiger partial charge in [-0.3, -0.25) is 14.5 Å². The van der Waals surface area contributed by atoms with E-state index >= 15 is 0 Å². The number of aromatic nitrogens is 2. The van der Waals surface area contributed by atoms with E-state index in [1.807, 2.05) is 0 Å². The average Bonchev–Trinajstić information content (AvgIpc) is 3.58. The first kappa shape index (κ1) is 37.3.